The van der Waals surface area contributed by atoms with Crippen molar-refractivity contribution in [2.75, 3.05) is 33.2 Å². The smallest absolute Gasteiger partial charge is 0.251 e. The first-order valence-corrected chi connectivity index (χ1v) is 11.9. The van der Waals surface area contributed by atoms with E-state index in [0.717, 1.165) is 60.7 Å². The number of nitrogens with one attached hydrogen (secondary N) is 1. The predicted octanol–water partition coefficient (Wildman–Crippen LogP) is 3.95. The van der Waals surface area contributed by atoms with Crippen LogP contribution in [0.4, 0.5) is 0 Å². The number of carbonyl (C=O) groups excluding carboxylic acids is 1. The van der Waals surface area contributed by atoms with Crippen LogP contribution in [0.15, 0.2) is 60.9 Å². The van der Waals surface area contributed by atoms with Crippen LogP contribution in [0, 0.1) is 13.8 Å². The van der Waals surface area contributed by atoms with Crippen LogP contribution in [0.25, 0.3) is 0 Å². The summed E-state index contributed by atoms with van der Waals surface area (Å²) < 4.78 is 6.02. The van der Waals surface area contributed by atoms with E-state index in [1.54, 1.807) is 12.4 Å². The van der Waals surface area contributed by atoms with E-state index in [1.807, 2.05) is 38.1 Å². The molecule has 1 aliphatic rings. The van der Waals surface area contributed by atoms with Gasteiger partial charge < -0.3 is 15.0 Å². The number of hydrogen-bond donors (Lipinski definition) is 1. The van der Waals surface area contributed by atoms with E-state index in [4.69, 9.17) is 4.74 Å². The molecular weight excluding hydrogens is 424 g/mol. The van der Waals surface area contributed by atoms with Crippen LogP contribution in [0.3, 0.4) is 0 Å². The van der Waals surface area contributed by atoms with Gasteiger partial charge in [0.05, 0.1) is 0 Å². The Morgan fingerprint density at radius 3 is 2.38 bits per heavy atom. The lowest BCUT2D eigenvalue weighted by Crippen LogP contribution is -2.43. The van der Waals surface area contributed by atoms with Crippen molar-refractivity contribution in [3.8, 4) is 5.75 Å². The first-order chi connectivity index (χ1) is 16.5. The minimum Gasteiger partial charge on any atom is -0.488 e. The summed E-state index contributed by atoms with van der Waals surface area (Å²) in [7, 11) is 2.17. The van der Waals surface area contributed by atoms with Crippen molar-refractivity contribution in [1.29, 1.82) is 0 Å². The summed E-state index contributed by atoms with van der Waals surface area (Å²) in [6.45, 7) is 10.3. The lowest BCUT2D eigenvalue weighted by atomic mass is 10.0. The molecule has 178 valence electrons. The summed E-state index contributed by atoms with van der Waals surface area (Å²) in [5, 5.41) is 3.08. The maximum atomic E-state index is 12.9. The number of rotatable bonds is 8. The minimum absolute atomic E-state index is 0.0746. The second-order valence-electron chi connectivity index (χ2n) is 9.17. The fourth-order valence-corrected chi connectivity index (χ4v) is 4.33. The standard InChI is InChI=1S/C28H34N4O2/c1-21-14-26(15-22(2)27(21)34-20-25-8-5-9-29-17-25)28(33)30-18-23-6-4-7-24(16-23)19-32-12-10-31(3)11-13-32/h4-9,14-17H,10-13,18-20H2,1-3H3,(H,30,33). The van der Waals surface area contributed by atoms with Gasteiger partial charge in [-0.15, -0.1) is 0 Å². The van der Waals surface area contributed by atoms with Gasteiger partial charge in [0.25, 0.3) is 5.91 Å². The van der Waals surface area contributed by atoms with Crippen LogP contribution in [0.5, 0.6) is 5.75 Å². The average molecular weight is 459 g/mol. The Balaban J connectivity index is 1.34. The van der Waals surface area contributed by atoms with E-state index in [-0.39, 0.29) is 5.91 Å². The molecule has 1 aliphatic heterocycles. The fraction of sp³-hybridized carbons (Fsp3) is 0.357. The molecule has 0 saturated carbocycles. The third kappa shape index (κ3) is 6.43. The highest BCUT2D eigenvalue weighted by Gasteiger charge is 2.15. The fourth-order valence-electron chi connectivity index (χ4n) is 4.33. The summed E-state index contributed by atoms with van der Waals surface area (Å²) in [4.78, 5) is 21.9. The Morgan fingerprint density at radius 2 is 1.68 bits per heavy atom. The molecule has 6 nitrogen and oxygen atoms in total. The number of aryl methyl sites for hydroxylation is 2. The molecule has 0 aliphatic carbocycles. The van der Waals surface area contributed by atoms with Gasteiger partial charge in [-0.05, 0) is 61.3 Å². The molecule has 1 amide bonds. The first-order valence-electron chi connectivity index (χ1n) is 11.9. The van der Waals surface area contributed by atoms with Crippen LogP contribution < -0.4 is 10.1 Å². The van der Waals surface area contributed by atoms with Gasteiger partial charge in [0.15, 0.2) is 0 Å². The van der Waals surface area contributed by atoms with Gasteiger partial charge in [-0.1, -0.05) is 30.3 Å². The van der Waals surface area contributed by atoms with Crippen molar-refractivity contribution in [2.24, 2.45) is 0 Å². The summed E-state index contributed by atoms with van der Waals surface area (Å²) in [6, 6.07) is 16.2. The molecule has 0 radical (unpaired) electrons. The first kappa shape index (κ1) is 23.9. The van der Waals surface area contributed by atoms with E-state index in [0.29, 0.717) is 18.7 Å². The number of hydrogen-bond acceptors (Lipinski definition) is 5. The largest absolute Gasteiger partial charge is 0.488 e. The highest BCUT2D eigenvalue weighted by Crippen LogP contribution is 2.26. The van der Waals surface area contributed by atoms with Gasteiger partial charge >= 0.3 is 0 Å². The number of benzene rings is 2. The van der Waals surface area contributed by atoms with Crippen molar-refractivity contribution in [2.45, 2.75) is 33.5 Å². The van der Waals surface area contributed by atoms with E-state index in [1.165, 1.54) is 5.56 Å². The van der Waals surface area contributed by atoms with Crippen LogP contribution in [0.2, 0.25) is 0 Å². The highest BCUT2D eigenvalue weighted by molar-refractivity contribution is 5.94. The van der Waals surface area contributed by atoms with Crippen LogP contribution in [-0.2, 0) is 19.7 Å². The highest BCUT2D eigenvalue weighted by atomic mass is 16.5. The second-order valence-corrected chi connectivity index (χ2v) is 9.17. The molecule has 2 aromatic carbocycles. The number of carbonyl (C=O) groups is 1. The molecule has 0 unspecified atom stereocenters. The molecule has 1 N–H and O–H groups in total. The van der Waals surface area contributed by atoms with Crippen LogP contribution in [0.1, 0.15) is 38.2 Å². The van der Waals surface area contributed by atoms with Gasteiger partial charge in [0, 0.05) is 62.8 Å². The average Bonchev–Trinajstić information content (AvgIpc) is 2.84. The van der Waals surface area contributed by atoms with Gasteiger partial charge in [-0.3, -0.25) is 14.7 Å². The molecule has 4 rings (SSSR count). The third-order valence-corrected chi connectivity index (χ3v) is 6.28. The van der Waals surface area contributed by atoms with E-state index < -0.39 is 0 Å². The number of pyridine rings is 1. The number of piperazine rings is 1. The molecule has 0 spiro atoms. The zero-order valence-corrected chi connectivity index (χ0v) is 20.4. The van der Waals surface area contributed by atoms with E-state index >= 15 is 0 Å². The summed E-state index contributed by atoms with van der Waals surface area (Å²) in [5.74, 6) is 0.742. The predicted molar refractivity (Wildman–Crippen MR) is 135 cm³/mol. The minimum atomic E-state index is -0.0746. The number of likely N-dealkylation sites (N-methyl/N-ethyl adjacent to an activating group) is 1. The van der Waals surface area contributed by atoms with Crippen molar-refractivity contribution in [1.82, 2.24) is 20.1 Å². The number of amides is 1. The zero-order chi connectivity index (χ0) is 23.9. The van der Waals surface area contributed by atoms with Crippen LogP contribution in [-0.4, -0.2) is 53.9 Å². The van der Waals surface area contributed by atoms with E-state index in [2.05, 4.69) is 51.4 Å². The van der Waals surface area contributed by atoms with Gasteiger partial charge in [0.1, 0.15) is 12.4 Å². The van der Waals surface area contributed by atoms with Crippen molar-refractivity contribution in [3.05, 3.63) is 94.3 Å². The van der Waals surface area contributed by atoms with Gasteiger partial charge in [0.2, 0.25) is 0 Å². The summed E-state index contributed by atoms with van der Waals surface area (Å²) in [6.07, 6.45) is 3.55. The molecule has 1 fully saturated rings. The summed E-state index contributed by atoms with van der Waals surface area (Å²) in [5.41, 5.74) is 5.96. The van der Waals surface area contributed by atoms with Gasteiger partial charge in [-0.2, -0.15) is 0 Å². The molecule has 0 bridgehead atoms. The maximum Gasteiger partial charge on any atom is 0.251 e. The second kappa shape index (κ2) is 11.3. The number of aromatic nitrogens is 1. The molecular formula is C28H34N4O2. The van der Waals surface area contributed by atoms with Gasteiger partial charge in [-0.25, -0.2) is 0 Å². The third-order valence-electron chi connectivity index (χ3n) is 6.28. The monoisotopic (exact) mass is 458 g/mol. The topological polar surface area (TPSA) is 57.7 Å². The number of nitrogens with zero attached hydrogens (tertiary/aromatic N) is 3. The SMILES string of the molecule is Cc1cc(C(=O)NCc2cccc(CN3CCN(C)CC3)c2)cc(C)c1OCc1cccnc1. The lowest BCUT2D eigenvalue weighted by molar-refractivity contribution is 0.0950. The lowest BCUT2D eigenvalue weighted by Gasteiger charge is -2.32. The zero-order valence-electron chi connectivity index (χ0n) is 20.4. The van der Waals surface area contributed by atoms with Crippen LogP contribution >= 0.6 is 0 Å². The quantitative estimate of drug-likeness (QED) is 0.554. The van der Waals surface area contributed by atoms with Crippen molar-refractivity contribution < 1.29 is 9.53 Å². The molecule has 1 saturated heterocycles. The van der Waals surface area contributed by atoms with Crippen molar-refractivity contribution >= 4 is 5.91 Å². The molecule has 2 heterocycles. The molecule has 1 aromatic heterocycles. The normalized spacial score (nSPS) is 14.7. The molecule has 3 aromatic rings. The van der Waals surface area contributed by atoms with E-state index in [9.17, 15) is 4.79 Å². The molecule has 34 heavy (non-hydrogen) atoms. The molecule has 6 heteroatoms. The number of ether oxygens (including phenoxy) is 1. The Kier molecular flexibility index (Phi) is 7.93. The molecule has 0 atom stereocenters. The van der Waals surface area contributed by atoms with Crippen molar-refractivity contribution in [3.63, 3.8) is 0 Å². The Morgan fingerprint density at radius 1 is 0.971 bits per heavy atom. The summed E-state index contributed by atoms with van der Waals surface area (Å²) >= 11 is 0. The Hall–Kier alpha value is -3.22. The Labute approximate surface area is 202 Å². The Bertz CT molecular complexity index is 1090. The maximum absolute atomic E-state index is 12.9.